The Kier molecular flexibility index (Phi) is 6.68. The van der Waals surface area contributed by atoms with Gasteiger partial charge in [-0.1, -0.05) is 13.0 Å². The highest BCUT2D eigenvalue weighted by Crippen LogP contribution is 2.19. The van der Waals surface area contributed by atoms with E-state index >= 15 is 0 Å². The summed E-state index contributed by atoms with van der Waals surface area (Å²) in [5, 5.41) is 0. The molecule has 112 valence electrons. The van der Waals surface area contributed by atoms with Gasteiger partial charge in [-0.05, 0) is 25.0 Å². The standard InChI is InChI=1S/C16H25NO3/c1-2-10-19-15-5-3-6-16(14-15)20-11-4-7-17-8-12-18-13-9-17/h3,5-6,14H,2,4,7-13H2,1H3. The maximum Gasteiger partial charge on any atom is 0.122 e. The molecule has 1 aromatic carbocycles. The van der Waals surface area contributed by atoms with Crippen molar-refractivity contribution < 1.29 is 14.2 Å². The molecule has 0 aliphatic carbocycles. The van der Waals surface area contributed by atoms with Gasteiger partial charge >= 0.3 is 0 Å². The molecule has 0 amide bonds. The molecule has 2 rings (SSSR count). The van der Waals surface area contributed by atoms with Crippen molar-refractivity contribution in [2.45, 2.75) is 19.8 Å². The van der Waals surface area contributed by atoms with Crippen molar-refractivity contribution in [3.05, 3.63) is 24.3 Å². The molecule has 0 unspecified atom stereocenters. The first-order valence-electron chi connectivity index (χ1n) is 7.54. The summed E-state index contributed by atoms with van der Waals surface area (Å²) in [4.78, 5) is 2.42. The third-order valence-corrected chi connectivity index (χ3v) is 3.27. The van der Waals surface area contributed by atoms with Crippen molar-refractivity contribution >= 4 is 0 Å². The largest absolute Gasteiger partial charge is 0.493 e. The number of hydrogen-bond acceptors (Lipinski definition) is 4. The van der Waals surface area contributed by atoms with Crippen LogP contribution in [0.25, 0.3) is 0 Å². The fourth-order valence-corrected chi connectivity index (χ4v) is 2.18. The van der Waals surface area contributed by atoms with Crippen LogP contribution >= 0.6 is 0 Å². The van der Waals surface area contributed by atoms with E-state index in [0.29, 0.717) is 0 Å². The van der Waals surface area contributed by atoms with E-state index < -0.39 is 0 Å². The molecule has 1 aromatic rings. The fourth-order valence-electron chi connectivity index (χ4n) is 2.18. The number of rotatable bonds is 8. The number of hydrogen-bond donors (Lipinski definition) is 0. The number of nitrogens with zero attached hydrogens (tertiary/aromatic N) is 1. The Balaban J connectivity index is 1.65. The Morgan fingerprint density at radius 1 is 1.10 bits per heavy atom. The van der Waals surface area contributed by atoms with Crippen LogP contribution in [-0.2, 0) is 4.74 Å². The fraction of sp³-hybridized carbons (Fsp3) is 0.625. The molecule has 0 aromatic heterocycles. The second-order valence-electron chi connectivity index (χ2n) is 4.98. The smallest absolute Gasteiger partial charge is 0.122 e. The molecule has 1 fully saturated rings. The SMILES string of the molecule is CCCOc1cccc(OCCCN2CCOCC2)c1. The van der Waals surface area contributed by atoms with Crippen LogP contribution in [0.1, 0.15) is 19.8 Å². The van der Waals surface area contributed by atoms with E-state index in [1.165, 1.54) is 0 Å². The summed E-state index contributed by atoms with van der Waals surface area (Å²) < 4.78 is 16.7. The minimum atomic E-state index is 0.745. The summed E-state index contributed by atoms with van der Waals surface area (Å²) in [6, 6.07) is 7.89. The zero-order valence-corrected chi connectivity index (χ0v) is 12.3. The van der Waals surface area contributed by atoms with E-state index in [9.17, 15) is 0 Å². The number of ether oxygens (including phenoxy) is 3. The maximum absolute atomic E-state index is 5.78. The molecule has 1 heterocycles. The molecule has 4 nitrogen and oxygen atoms in total. The van der Waals surface area contributed by atoms with Crippen molar-refractivity contribution in [2.24, 2.45) is 0 Å². The van der Waals surface area contributed by atoms with Gasteiger partial charge in [0.15, 0.2) is 0 Å². The summed E-state index contributed by atoms with van der Waals surface area (Å²) in [5.74, 6) is 1.78. The van der Waals surface area contributed by atoms with E-state index in [1.54, 1.807) is 0 Å². The van der Waals surface area contributed by atoms with Gasteiger partial charge in [-0.15, -0.1) is 0 Å². The van der Waals surface area contributed by atoms with Gasteiger partial charge in [0.1, 0.15) is 11.5 Å². The zero-order chi connectivity index (χ0) is 14.0. The van der Waals surface area contributed by atoms with Gasteiger partial charge in [0.25, 0.3) is 0 Å². The normalized spacial score (nSPS) is 16.1. The molecule has 20 heavy (non-hydrogen) atoms. The van der Waals surface area contributed by atoms with Crippen LogP contribution in [-0.4, -0.2) is 51.0 Å². The quantitative estimate of drug-likeness (QED) is 0.684. The van der Waals surface area contributed by atoms with Gasteiger partial charge in [-0.2, -0.15) is 0 Å². The molecule has 1 saturated heterocycles. The molecule has 0 radical (unpaired) electrons. The lowest BCUT2D eigenvalue weighted by molar-refractivity contribution is 0.0358. The van der Waals surface area contributed by atoms with Gasteiger partial charge in [-0.3, -0.25) is 4.90 Å². The van der Waals surface area contributed by atoms with E-state index in [1.807, 2.05) is 24.3 Å². The third-order valence-electron chi connectivity index (χ3n) is 3.27. The van der Waals surface area contributed by atoms with Crippen LogP contribution in [0.2, 0.25) is 0 Å². The Morgan fingerprint density at radius 3 is 2.50 bits per heavy atom. The first-order chi connectivity index (χ1) is 9.88. The van der Waals surface area contributed by atoms with E-state index in [-0.39, 0.29) is 0 Å². The molecule has 1 aliphatic rings. The Hall–Kier alpha value is -1.26. The maximum atomic E-state index is 5.78. The molecule has 4 heteroatoms. The van der Waals surface area contributed by atoms with E-state index in [4.69, 9.17) is 14.2 Å². The van der Waals surface area contributed by atoms with Crippen LogP contribution < -0.4 is 9.47 Å². The van der Waals surface area contributed by atoms with Gasteiger partial charge in [0, 0.05) is 25.7 Å². The van der Waals surface area contributed by atoms with Crippen molar-refractivity contribution in [2.75, 3.05) is 46.1 Å². The first-order valence-corrected chi connectivity index (χ1v) is 7.54. The highest BCUT2D eigenvalue weighted by atomic mass is 16.5. The third kappa shape index (κ3) is 5.39. The van der Waals surface area contributed by atoms with Gasteiger partial charge < -0.3 is 14.2 Å². The highest BCUT2D eigenvalue weighted by molar-refractivity contribution is 5.32. The predicted octanol–water partition coefficient (Wildman–Crippen LogP) is 2.58. The topological polar surface area (TPSA) is 30.9 Å². The molecule has 0 saturated carbocycles. The predicted molar refractivity (Wildman–Crippen MR) is 79.6 cm³/mol. The van der Waals surface area contributed by atoms with Crippen LogP contribution in [0.5, 0.6) is 11.5 Å². The van der Waals surface area contributed by atoms with Crippen molar-refractivity contribution in [3.63, 3.8) is 0 Å². The molecular weight excluding hydrogens is 254 g/mol. The minimum absolute atomic E-state index is 0.745. The Bertz CT molecular complexity index is 378. The molecule has 0 bridgehead atoms. The summed E-state index contributed by atoms with van der Waals surface area (Å²) in [6.07, 6.45) is 2.06. The van der Waals surface area contributed by atoms with Crippen LogP contribution in [0.3, 0.4) is 0 Å². The highest BCUT2D eigenvalue weighted by Gasteiger charge is 2.09. The summed E-state index contributed by atoms with van der Waals surface area (Å²) in [6.45, 7) is 8.48. The summed E-state index contributed by atoms with van der Waals surface area (Å²) in [5.41, 5.74) is 0. The van der Waals surface area contributed by atoms with Crippen LogP contribution in [0.4, 0.5) is 0 Å². The lowest BCUT2D eigenvalue weighted by atomic mass is 10.3. The molecule has 0 N–H and O–H groups in total. The van der Waals surface area contributed by atoms with E-state index in [0.717, 1.165) is 70.4 Å². The van der Waals surface area contributed by atoms with E-state index in [2.05, 4.69) is 11.8 Å². The molecule has 0 spiro atoms. The summed E-state index contributed by atoms with van der Waals surface area (Å²) in [7, 11) is 0. The number of benzene rings is 1. The first kappa shape index (κ1) is 15.1. The second kappa shape index (κ2) is 8.82. The van der Waals surface area contributed by atoms with Gasteiger partial charge in [0.2, 0.25) is 0 Å². The average molecular weight is 279 g/mol. The summed E-state index contributed by atoms with van der Waals surface area (Å²) >= 11 is 0. The Morgan fingerprint density at radius 2 is 1.80 bits per heavy atom. The van der Waals surface area contributed by atoms with Crippen LogP contribution in [0.15, 0.2) is 24.3 Å². The zero-order valence-electron chi connectivity index (χ0n) is 12.3. The lowest BCUT2D eigenvalue weighted by Crippen LogP contribution is -2.37. The van der Waals surface area contributed by atoms with Crippen molar-refractivity contribution in [1.29, 1.82) is 0 Å². The van der Waals surface area contributed by atoms with Crippen molar-refractivity contribution in [1.82, 2.24) is 4.90 Å². The average Bonchev–Trinajstić information content (AvgIpc) is 2.51. The molecular formula is C16H25NO3. The molecule has 0 atom stereocenters. The van der Waals surface area contributed by atoms with Crippen molar-refractivity contribution in [3.8, 4) is 11.5 Å². The number of morpholine rings is 1. The monoisotopic (exact) mass is 279 g/mol. The second-order valence-corrected chi connectivity index (χ2v) is 4.98. The molecule has 1 aliphatic heterocycles. The van der Waals surface area contributed by atoms with Crippen LogP contribution in [0, 0.1) is 0 Å². The lowest BCUT2D eigenvalue weighted by Gasteiger charge is -2.26. The van der Waals surface area contributed by atoms with Gasteiger partial charge in [0.05, 0.1) is 26.4 Å². The van der Waals surface area contributed by atoms with Gasteiger partial charge in [-0.25, -0.2) is 0 Å². The minimum Gasteiger partial charge on any atom is -0.493 e. The Labute approximate surface area is 121 Å².